The minimum Gasteiger partial charge on any atom is -0.381 e. The van der Waals surface area contributed by atoms with Crippen LogP contribution in [0.25, 0.3) is 11.3 Å². The lowest BCUT2D eigenvalue weighted by Gasteiger charge is -2.52. The maximum absolute atomic E-state index is 14.6. The van der Waals surface area contributed by atoms with E-state index in [1.165, 1.54) is 18.2 Å². The van der Waals surface area contributed by atoms with Crippen LogP contribution in [0.5, 0.6) is 0 Å². The van der Waals surface area contributed by atoms with Crippen molar-refractivity contribution in [1.29, 1.82) is 0 Å². The smallest absolute Gasteiger partial charge is 0.144 e. The number of hydrogen-bond donors (Lipinski definition) is 2. The Labute approximate surface area is 189 Å². The van der Waals surface area contributed by atoms with Crippen LogP contribution in [0.15, 0.2) is 29.3 Å². The highest BCUT2D eigenvalue weighted by atomic mass is 19.1. The Balaban J connectivity index is 1.46. The van der Waals surface area contributed by atoms with E-state index in [2.05, 4.69) is 25.4 Å². The topological polar surface area (TPSA) is 78.4 Å². The van der Waals surface area contributed by atoms with Crippen LogP contribution in [-0.4, -0.2) is 47.3 Å². The molecule has 9 heteroatoms. The van der Waals surface area contributed by atoms with Gasteiger partial charge in [0.1, 0.15) is 29.0 Å². The Morgan fingerprint density at radius 2 is 1.82 bits per heavy atom. The van der Waals surface area contributed by atoms with E-state index in [9.17, 15) is 8.78 Å². The number of halogens is 2. The molecule has 1 spiro atoms. The van der Waals surface area contributed by atoms with Crippen molar-refractivity contribution in [1.82, 2.24) is 15.2 Å². The van der Waals surface area contributed by atoms with Gasteiger partial charge in [-0.15, -0.1) is 0 Å². The minimum atomic E-state index is -0.683. The number of aryl methyl sites for hydroxylation is 2. The zero-order valence-electron chi connectivity index (χ0n) is 18.5. The second-order valence-corrected chi connectivity index (χ2v) is 9.18. The van der Waals surface area contributed by atoms with Crippen molar-refractivity contribution in [3.63, 3.8) is 0 Å². The molecule has 2 aromatic heterocycles. The maximum atomic E-state index is 14.6. The highest BCUT2D eigenvalue weighted by Crippen LogP contribution is 2.45. The molecular weight excluding hydrogens is 426 g/mol. The van der Waals surface area contributed by atoms with Gasteiger partial charge in [0.2, 0.25) is 0 Å². The van der Waals surface area contributed by atoms with Gasteiger partial charge in [0.25, 0.3) is 0 Å². The van der Waals surface area contributed by atoms with Gasteiger partial charge in [-0.2, -0.15) is 5.10 Å². The number of amidine groups is 1. The molecule has 0 saturated carbocycles. The summed E-state index contributed by atoms with van der Waals surface area (Å²) in [5, 5.41) is 10.6. The lowest BCUT2D eigenvalue weighted by atomic mass is 9.73. The van der Waals surface area contributed by atoms with Crippen LogP contribution >= 0.6 is 0 Å². The molecule has 5 heterocycles. The van der Waals surface area contributed by atoms with E-state index in [4.69, 9.17) is 9.72 Å². The summed E-state index contributed by atoms with van der Waals surface area (Å²) < 4.78 is 34.8. The van der Waals surface area contributed by atoms with E-state index in [1.807, 2.05) is 19.9 Å². The predicted molar refractivity (Wildman–Crippen MR) is 122 cm³/mol. The highest BCUT2D eigenvalue weighted by Gasteiger charge is 2.44. The molecule has 0 bridgehead atoms. The number of pyridine rings is 1. The zero-order valence-corrected chi connectivity index (χ0v) is 18.5. The Bertz CT molecular complexity index is 1270. The molecule has 2 N–H and O–H groups in total. The van der Waals surface area contributed by atoms with Crippen LogP contribution in [0.2, 0.25) is 0 Å². The van der Waals surface area contributed by atoms with Gasteiger partial charge >= 0.3 is 0 Å². The van der Waals surface area contributed by atoms with E-state index in [-0.39, 0.29) is 11.4 Å². The molecule has 1 aromatic carbocycles. The van der Waals surface area contributed by atoms with E-state index >= 15 is 0 Å². The second-order valence-electron chi connectivity index (χ2n) is 9.18. The first-order valence-electron chi connectivity index (χ1n) is 11.1. The highest BCUT2D eigenvalue weighted by molar-refractivity contribution is 6.14. The first-order chi connectivity index (χ1) is 15.9. The standard InChI is InChI=1S/C24H24F2N6O/c1-13-20-15(10-18(27-13)32-11-24(12-32)6-8-33-9-7-24)22-21(14(2)30-31-22)29-23(28-20)19-16(25)4-3-5-17(19)26/h3-5,10H,6-9,11-12H2,1-2H3,(H,28,29)(H,30,31). The number of nitrogens with one attached hydrogen (secondary N) is 2. The zero-order chi connectivity index (χ0) is 22.7. The van der Waals surface area contributed by atoms with Gasteiger partial charge in [-0.25, -0.2) is 18.8 Å². The molecule has 3 aliphatic heterocycles. The number of benzene rings is 1. The number of fused-ring (bicyclic) bond motifs is 3. The van der Waals surface area contributed by atoms with Gasteiger partial charge in [0.15, 0.2) is 0 Å². The first kappa shape index (κ1) is 20.3. The van der Waals surface area contributed by atoms with E-state index in [1.54, 1.807) is 0 Å². The SMILES string of the molecule is Cc1nc(N2CC3(CCOCC3)C2)cc2c1N=C(c1c(F)cccc1F)Nc1c-2n[nH]c1C. The normalized spacial score (nSPS) is 18.7. The molecule has 2 saturated heterocycles. The summed E-state index contributed by atoms with van der Waals surface area (Å²) in [5.41, 5.74) is 4.18. The number of anilines is 2. The third kappa shape index (κ3) is 3.21. The van der Waals surface area contributed by atoms with Gasteiger partial charge in [-0.05, 0) is 44.9 Å². The Hall–Kier alpha value is -3.33. The molecular formula is C24H24F2N6O. The van der Waals surface area contributed by atoms with Gasteiger partial charge in [-0.1, -0.05) is 6.07 Å². The summed E-state index contributed by atoms with van der Waals surface area (Å²) in [6.45, 7) is 7.25. The molecule has 0 aliphatic carbocycles. The number of aromatic nitrogens is 3. The van der Waals surface area contributed by atoms with E-state index in [0.717, 1.165) is 56.2 Å². The molecule has 0 radical (unpaired) electrons. The third-order valence-corrected chi connectivity index (χ3v) is 6.95. The number of rotatable bonds is 2. The number of aliphatic imine (C=N–C) groups is 1. The van der Waals surface area contributed by atoms with Crippen LogP contribution in [0.3, 0.4) is 0 Å². The van der Waals surface area contributed by atoms with E-state index < -0.39 is 11.6 Å². The molecule has 2 fully saturated rings. The summed E-state index contributed by atoms with van der Waals surface area (Å²) in [6, 6.07) is 5.77. The molecule has 33 heavy (non-hydrogen) atoms. The molecule has 170 valence electrons. The van der Waals surface area contributed by atoms with Gasteiger partial charge < -0.3 is 15.0 Å². The number of ether oxygens (including phenoxy) is 1. The number of H-pyrrole nitrogens is 1. The summed E-state index contributed by atoms with van der Waals surface area (Å²) in [4.78, 5) is 11.8. The Kier molecular flexibility index (Phi) is 4.52. The van der Waals surface area contributed by atoms with Crippen molar-refractivity contribution >= 4 is 23.0 Å². The fraction of sp³-hybridized carbons (Fsp3) is 0.375. The molecule has 0 unspecified atom stereocenters. The van der Waals surface area contributed by atoms with Crippen LogP contribution in [0, 0.1) is 30.9 Å². The van der Waals surface area contributed by atoms with Crippen molar-refractivity contribution in [3.8, 4) is 11.3 Å². The lowest BCUT2D eigenvalue weighted by Crippen LogP contribution is -2.58. The first-order valence-corrected chi connectivity index (χ1v) is 11.1. The number of aromatic amines is 1. The summed E-state index contributed by atoms with van der Waals surface area (Å²) in [5.74, 6) is -0.405. The Morgan fingerprint density at radius 1 is 1.09 bits per heavy atom. The predicted octanol–water partition coefficient (Wildman–Crippen LogP) is 4.49. The largest absolute Gasteiger partial charge is 0.381 e. The quantitative estimate of drug-likeness (QED) is 0.602. The van der Waals surface area contributed by atoms with Crippen LogP contribution < -0.4 is 10.2 Å². The molecule has 6 rings (SSSR count). The maximum Gasteiger partial charge on any atom is 0.144 e. The third-order valence-electron chi connectivity index (χ3n) is 6.95. The summed E-state index contributed by atoms with van der Waals surface area (Å²) in [6.07, 6.45) is 2.14. The Morgan fingerprint density at radius 3 is 2.55 bits per heavy atom. The van der Waals surface area contributed by atoms with Crippen molar-refractivity contribution in [2.75, 3.05) is 36.5 Å². The van der Waals surface area contributed by atoms with Crippen molar-refractivity contribution in [3.05, 3.63) is 52.9 Å². The van der Waals surface area contributed by atoms with Crippen molar-refractivity contribution in [2.45, 2.75) is 26.7 Å². The van der Waals surface area contributed by atoms with Gasteiger partial charge in [0, 0.05) is 37.3 Å². The number of nitrogens with zero attached hydrogens (tertiary/aromatic N) is 4. The molecule has 3 aromatic rings. The van der Waals surface area contributed by atoms with Gasteiger partial charge in [0.05, 0.1) is 28.3 Å². The van der Waals surface area contributed by atoms with E-state index in [0.29, 0.717) is 28.2 Å². The van der Waals surface area contributed by atoms with Gasteiger partial charge in [-0.3, -0.25) is 5.10 Å². The van der Waals surface area contributed by atoms with Crippen molar-refractivity contribution in [2.24, 2.45) is 10.4 Å². The fourth-order valence-corrected chi connectivity index (χ4v) is 5.06. The minimum absolute atomic E-state index is 0.0952. The summed E-state index contributed by atoms with van der Waals surface area (Å²) >= 11 is 0. The average molecular weight is 450 g/mol. The van der Waals surface area contributed by atoms with Crippen LogP contribution in [0.4, 0.5) is 26.0 Å². The molecule has 3 aliphatic rings. The lowest BCUT2D eigenvalue weighted by molar-refractivity contribution is -0.000457. The molecule has 7 nitrogen and oxygen atoms in total. The number of hydrogen-bond acceptors (Lipinski definition) is 6. The van der Waals surface area contributed by atoms with Crippen LogP contribution in [0.1, 0.15) is 29.8 Å². The molecule has 0 atom stereocenters. The fourth-order valence-electron chi connectivity index (χ4n) is 5.06. The van der Waals surface area contributed by atoms with Crippen LogP contribution in [-0.2, 0) is 4.74 Å². The van der Waals surface area contributed by atoms with Crippen molar-refractivity contribution < 1.29 is 13.5 Å². The second kappa shape index (κ2) is 7.34. The monoisotopic (exact) mass is 450 g/mol. The summed E-state index contributed by atoms with van der Waals surface area (Å²) in [7, 11) is 0. The average Bonchev–Trinajstić information content (AvgIpc) is 3.04. The molecule has 0 amide bonds.